The molecule has 0 aromatic heterocycles. The lowest BCUT2D eigenvalue weighted by Gasteiger charge is -2.16. The largest absolute Gasteiger partial charge is 0.490 e. The van der Waals surface area contributed by atoms with Crippen LogP contribution >= 0.6 is 0 Å². The normalized spacial score (nSPS) is 20.6. The summed E-state index contributed by atoms with van der Waals surface area (Å²) < 4.78 is 11.4. The molecule has 20 heavy (non-hydrogen) atoms. The molecule has 3 heteroatoms. The van der Waals surface area contributed by atoms with E-state index in [4.69, 9.17) is 15.2 Å². The van der Waals surface area contributed by atoms with E-state index in [2.05, 4.69) is 12.1 Å². The maximum atomic E-state index is 6.35. The minimum atomic E-state index is 0.118. The molecule has 3 nitrogen and oxygen atoms in total. The molecule has 0 radical (unpaired) electrons. The van der Waals surface area contributed by atoms with Crippen LogP contribution in [0.15, 0.2) is 18.2 Å². The molecule has 2 N–H and O–H groups in total. The zero-order chi connectivity index (χ0) is 13.8. The van der Waals surface area contributed by atoms with Crippen LogP contribution in [0.4, 0.5) is 0 Å². The Morgan fingerprint density at radius 2 is 1.80 bits per heavy atom. The number of hydrogen-bond acceptors (Lipinski definition) is 3. The SMILES string of the molecule is NC(CCC1CCCC1)c1ccc2c(c1)OCCCO2. The predicted octanol–water partition coefficient (Wildman–Crippen LogP) is 3.82. The van der Waals surface area contributed by atoms with Crippen LogP contribution in [0.3, 0.4) is 0 Å². The fraction of sp³-hybridized carbons (Fsp3) is 0.647. The third-order valence-corrected chi connectivity index (χ3v) is 4.56. The van der Waals surface area contributed by atoms with E-state index in [-0.39, 0.29) is 6.04 Å². The van der Waals surface area contributed by atoms with Crippen LogP contribution in [0.2, 0.25) is 0 Å². The monoisotopic (exact) mass is 275 g/mol. The smallest absolute Gasteiger partial charge is 0.161 e. The second-order valence-corrected chi connectivity index (χ2v) is 6.09. The molecule has 1 saturated carbocycles. The summed E-state index contributed by atoms with van der Waals surface area (Å²) in [5, 5.41) is 0. The first-order chi connectivity index (χ1) is 9.83. The third kappa shape index (κ3) is 3.26. The molecule has 3 rings (SSSR count). The molecule has 1 unspecified atom stereocenters. The molecule has 0 saturated heterocycles. The summed E-state index contributed by atoms with van der Waals surface area (Å²) >= 11 is 0. The fourth-order valence-corrected chi connectivity index (χ4v) is 3.29. The van der Waals surface area contributed by atoms with Gasteiger partial charge in [0.1, 0.15) is 0 Å². The number of ether oxygens (including phenoxy) is 2. The van der Waals surface area contributed by atoms with Gasteiger partial charge in [0.2, 0.25) is 0 Å². The molecule has 1 heterocycles. The van der Waals surface area contributed by atoms with Gasteiger partial charge in [-0.25, -0.2) is 0 Å². The highest BCUT2D eigenvalue weighted by atomic mass is 16.5. The molecule has 1 aliphatic heterocycles. The van der Waals surface area contributed by atoms with E-state index in [0.29, 0.717) is 0 Å². The molecule has 110 valence electrons. The molecule has 2 aliphatic rings. The Hall–Kier alpha value is -1.22. The molecule has 0 spiro atoms. The summed E-state index contributed by atoms with van der Waals surface area (Å²) in [7, 11) is 0. The van der Waals surface area contributed by atoms with Crippen LogP contribution in [0, 0.1) is 5.92 Å². The van der Waals surface area contributed by atoms with E-state index in [1.54, 1.807) is 0 Å². The van der Waals surface area contributed by atoms with E-state index in [1.165, 1.54) is 37.7 Å². The average molecular weight is 275 g/mol. The lowest BCUT2D eigenvalue weighted by atomic mass is 9.95. The van der Waals surface area contributed by atoms with Gasteiger partial charge in [-0.1, -0.05) is 31.7 Å². The van der Waals surface area contributed by atoms with Crippen molar-refractivity contribution in [3.05, 3.63) is 23.8 Å². The maximum Gasteiger partial charge on any atom is 0.161 e. The van der Waals surface area contributed by atoms with E-state index in [0.717, 1.165) is 43.5 Å². The second kappa shape index (κ2) is 6.49. The van der Waals surface area contributed by atoms with Crippen molar-refractivity contribution in [1.29, 1.82) is 0 Å². The summed E-state index contributed by atoms with van der Waals surface area (Å²) in [5.74, 6) is 2.62. The highest BCUT2D eigenvalue weighted by molar-refractivity contribution is 5.44. The number of nitrogens with two attached hydrogens (primary N) is 1. The molecule has 1 aliphatic carbocycles. The van der Waals surface area contributed by atoms with Crippen LogP contribution in [0.5, 0.6) is 11.5 Å². The van der Waals surface area contributed by atoms with Crippen molar-refractivity contribution in [1.82, 2.24) is 0 Å². The Balaban J connectivity index is 1.62. The van der Waals surface area contributed by atoms with Gasteiger partial charge in [-0.3, -0.25) is 0 Å². The van der Waals surface area contributed by atoms with Crippen LogP contribution in [-0.4, -0.2) is 13.2 Å². The topological polar surface area (TPSA) is 44.5 Å². The van der Waals surface area contributed by atoms with Crippen LogP contribution in [0.25, 0.3) is 0 Å². The fourth-order valence-electron chi connectivity index (χ4n) is 3.29. The average Bonchev–Trinajstić information content (AvgIpc) is 2.88. The van der Waals surface area contributed by atoms with Crippen LogP contribution < -0.4 is 15.2 Å². The molecular formula is C17H25NO2. The number of rotatable bonds is 4. The van der Waals surface area contributed by atoms with Gasteiger partial charge in [-0.05, 0) is 36.5 Å². The van der Waals surface area contributed by atoms with Crippen molar-refractivity contribution in [2.75, 3.05) is 13.2 Å². The predicted molar refractivity (Wildman–Crippen MR) is 80.2 cm³/mol. The molecular weight excluding hydrogens is 250 g/mol. The van der Waals surface area contributed by atoms with Gasteiger partial charge in [-0.2, -0.15) is 0 Å². The summed E-state index contributed by atoms with van der Waals surface area (Å²) in [5.41, 5.74) is 7.52. The lowest BCUT2D eigenvalue weighted by molar-refractivity contribution is 0.297. The summed E-state index contributed by atoms with van der Waals surface area (Å²) in [6.07, 6.45) is 8.88. The van der Waals surface area contributed by atoms with Crippen molar-refractivity contribution in [3.63, 3.8) is 0 Å². The Bertz CT molecular complexity index is 441. The zero-order valence-corrected chi connectivity index (χ0v) is 12.1. The van der Waals surface area contributed by atoms with Crippen molar-refractivity contribution >= 4 is 0 Å². The second-order valence-electron chi connectivity index (χ2n) is 6.09. The van der Waals surface area contributed by atoms with E-state index in [9.17, 15) is 0 Å². The Labute approximate surface area is 121 Å². The first kappa shape index (κ1) is 13.7. The third-order valence-electron chi connectivity index (χ3n) is 4.56. The molecule has 0 amide bonds. The van der Waals surface area contributed by atoms with Crippen molar-refractivity contribution in [3.8, 4) is 11.5 Å². The molecule has 1 aromatic carbocycles. The number of hydrogen-bond donors (Lipinski definition) is 1. The Kier molecular flexibility index (Phi) is 4.46. The number of fused-ring (bicyclic) bond motifs is 1. The lowest BCUT2D eigenvalue weighted by Crippen LogP contribution is -2.12. The summed E-state index contributed by atoms with van der Waals surface area (Å²) in [6.45, 7) is 1.47. The molecule has 1 aromatic rings. The minimum absolute atomic E-state index is 0.118. The Morgan fingerprint density at radius 1 is 1.05 bits per heavy atom. The molecule has 1 fully saturated rings. The first-order valence-electron chi connectivity index (χ1n) is 7.98. The van der Waals surface area contributed by atoms with Crippen molar-refractivity contribution in [2.24, 2.45) is 11.7 Å². The van der Waals surface area contributed by atoms with Gasteiger partial charge in [0.25, 0.3) is 0 Å². The van der Waals surface area contributed by atoms with Crippen molar-refractivity contribution in [2.45, 2.75) is 51.0 Å². The van der Waals surface area contributed by atoms with Crippen LogP contribution in [-0.2, 0) is 0 Å². The first-order valence-corrected chi connectivity index (χ1v) is 7.98. The summed E-state index contributed by atoms with van der Waals surface area (Å²) in [6, 6.07) is 6.28. The van der Waals surface area contributed by atoms with Gasteiger partial charge in [0, 0.05) is 12.5 Å². The quantitative estimate of drug-likeness (QED) is 0.908. The minimum Gasteiger partial charge on any atom is -0.490 e. The highest BCUT2D eigenvalue weighted by Crippen LogP contribution is 2.34. The van der Waals surface area contributed by atoms with Gasteiger partial charge >= 0.3 is 0 Å². The van der Waals surface area contributed by atoms with E-state index >= 15 is 0 Å². The van der Waals surface area contributed by atoms with Crippen LogP contribution in [0.1, 0.15) is 56.6 Å². The molecule has 0 bridgehead atoms. The Morgan fingerprint density at radius 3 is 2.60 bits per heavy atom. The van der Waals surface area contributed by atoms with Gasteiger partial charge in [0.15, 0.2) is 11.5 Å². The standard InChI is InChI=1S/C17H25NO2/c18-15(8-6-13-4-1-2-5-13)14-7-9-16-17(12-14)20-11-3-10-19-16/h7,9,12-13,15H,1-6,8,10-11,18H2. The number of benzene rings is 1. The van der Waals surface area contributed by atoms with Crippen molar-refractivity contribution < 1.29 is 9.47 Å². The van der Waals surface area contributed by atoms with E-state index in [1.807, 2.05) is 6.07 Å². The van der Waals surface area contributed by atoms with Gasteiger partial charge < -0.3 is 15.2 Å². The maximum absolute atomic E-state index is 6.35. The van der Waals surface area contributed by atoms with E-state index < -0.39 is 0 Å². The highest BCUT2D eigenvalue weighted by Gasteiger charge is 2.18. The zero-order valence-electron chi connectivity index (χ0n) is 12.1. The molecule has 1 atom stereocenters. The summed E-state index contributed by atoms with van der Waals surface area (Å²) in [4.78, 5) is 0. The van der Waals surface area contributed by atoms with Gasteiger partial charge in [-0.15, -0.1) is 0 Å². The van der Waals surface area contributed by atoms with Gasteiger partial charge in [0.05, 0.1) is 13.2 Å².